The molecule has 0 aliphatic carbocycles. The van der Waals surface area contributed by atoms with Crippen molar-refractivity contribution in [2.24, 2.45) is 5.73 Å². The maximum Gasteiger partial charge on any atom is 0.472 e. The Labute approximate surface area is 279 Å². The highest BCUT2D eigenvalue weighted by Gasteiger charge is 2.25. The van der Waals surface area contributed by atoms with E-state index in [-0.39, 0.29) is 32.6 Å². The van der Waals surface area contributed by atoms with Crippen LogP contribution in [0.2, 0.25) is 0 Å². The molecule has 0 fully saturated rings. The van der Waals surface area contributed by atoms with Crippen LogP contribution in [-0.4, -0.2) is 49.3 Å². The topological polar surface area (TPSA) is 134 Å². The fourth-order valence-corrected chi connectivity index (χ4v) is 5.09. The molecule has 0 spiro atoms. The summed E-state index contributed by atoms with van der Waals surface area (Å²) in [5, 5.41) is 0. The summed E-state index contributed by atoms with van der Waals surface area (Å²) in [6.07, 6.45) is 34.4. The molecule has 0 rings (SSSR count). The smallest absolute Gasteiger partial charge is 0.462 e. The molecule has 0 aromatic heterocycles. The third-order valence-corrected chi connectivity index (χ3v) is 7.93. The van der Waals surface area contributed by atoms with Gasteiger partial charge in [-0.2, -0.15) is 0 Å². The average Bonchev–Trinajstić information content (AvgIpc) is 3.04. The molecule has 46 heavy (non-hydrogen) atoms. The first kappa shape index (κ1) is 44.0. The van der Waals surface area contributed by atoms with Crippen LogP contribution in [0.4, 0.5) is 0 Å². The number of allylic oxidation sites excluding steroid dienone is 8. The van der Waals surface area contributed by atoms with E-state index in [1.807, 2.05) is 0 Å². The van der Waals surface area contributed by atoms with Crippen LogP contribution < -0.4 is 5.73 Å². The molecular formula is C36H64NO8P. The molecule has 0 radical (unpaired) electrons. The van der Waals surface area contributed by atoms with Gasteiger partial charge < -0.3 is 20.1 Å². The van der Waals surface area contributed by atoms with Gasteiger partial charge in [-0.05, 0) is 51.4 Å². The Morgan fingerprint density at radius 1 is 0.652 bits per heavy atom. The lowest BCUT2D eigenvalue weighted by molar-refractivity contribution is -0.161. The first-order valence-corrected chi connectivity index (χ1v) is 19.1. The summed E-state index contributed by atoms with van der Waals surface area (Å²) in [4.78, 5) is 34.5. The third-order valence-electron chi connectivity index (χ3n) is 6.95. The Morgan fingerprint density at radius 2 is 1.17 bits per heavy atom. The molecule has 2 atom stereocenters. The molecule has 266 valence electrons. The van der Waals surface area contributed by atoms with Crippen molar-refractivity contribution in [3.63, 3.8) is 0 Å². The number of rotatable bonds is 32. The lowest BCUT2D eigenvalue weighted by Gasteiger charge is -2.19. The Bertz CT molecular complexity index is 902. The SMILES string of the molecule is CCC/C=C/C/C=C/C/C=C/C/C=C/CCCCCC(=O)O[C@H](COC(=O)CCCCCCCCCC)COP(=O)(O)OCCN. The van der Waals surface area contributed by atoms with Crippen LogP contribution in [0, 0.1) is 0 Å². The van der Waals surface area contributed by atoms with E-state index in [9.17, 15) is 19.0 Å². The summed E-state index contributed by atoms with van der Waals surface area (Å²) in [7, 11) is -4.37. The molecule has 0 bridgehead atoms. The van der Waals surface area contributed by atoms with E-state index in [4.69, 9.17) is 24.3 Å². The number of hydrogen-bond donors (Lipinski definition) is 2. The van der Waals surface area contributed by atoms with Crippen LogP contribution in [0.15, 0.2) is 48.6 Å². The van der Waals surface area contributed by atoms with Crippen molar-refractivity contribution in [1.29, 1.82) is 0 Å². The Balaban J connectivity index is 4.32. The van der Waals surface area contributed by atoms with Gasteiger partial charge >= 0.3 is 19.8 Å². The minimum absolute atomic E-state index is 0.0466. The van der Waals surface area contributed by atoms with Gasteiger partial charge in [-0.1, -0.05) is 120 Å². The van der Waals surface area contributed by atoms with Crippen LogP contribution in [0.1, 0.15) is 136 Å². The lowest BCUT2D eigenvalue weighted by Crippen LogP contribution is -2.29. The molecule has 0 saturated carbocycles. The van der Waals surface area contributed by atoms with Crippen molar-refractivity contribution in [3.8, 4) is 0 Å². The van der Waals surface area contributed by atoms with E-state index in [2.05, 4.69) is 62.5 Å². The number of hydrogen-bond acceptors (Lipinski definition) is 8. The predicted molar refractivity (Wildman–Crippen MR) is 187 cm³/mol. The molecule has 1 unspecified atom stereocenters. The molecule has 10 heteroatoms. The van der Waals surface area contributed by atoms with Gasteiger partial charge in [-0.15, -0.1) is 0 Å². The van der Waals surface area contributed by atoms with Crippen molar-refractivity contribution in [3.05, 3.63) is 48.6 Å². The summed E-state index contributed by atoms with van der Waals surface area (Å²) in [6.45, 7) is 3.56. The minimum Gasteiger partial charge on any atom is -0.462 e. The van der Waals surface area contributed by atoms with Crippen molar-refractivity contribution < 1.29 is 37.6 Å². The zero-order valence-electron chi connectivity index (χ0n) is 28.8. The molecule has 0 saturated heterocycles. The number of unbranched alkanes of at least 4 members (excludes halogenated alkanes) is 11. The van der Waals surface area contributed by atoms with Crippen molar-refractivity contribution in [1.82, 2.24) is 0 Å². The van der Waals surface area contributed by atoms with Gasteiger partial charge in [0.25, 0.3) is 0 Å². The van der Waals surface area contributed by atoms with Gasteiger partial charge in [0.15, 0.2) is 6.10 Å². The van der Waals surface area contributed by atoms with Crippen LogP contribution in [-0.2, 0) is 32.7 Å². The minimum atomic E-state index is -4.37. The van der Waals surface area contributed by atoms with Crippen molar-refractivity contribution in [2.45, 2.75) is 142 Å². The summed E-state index contributed by atoms with van der Waals surface area (Å²) >= 11 is 0. The van der Waals surface area contributed by atoms with E-state index < -0.39 is 32.5 Å². The Kier molecular flexibility index (Phi) is 31.4. The highest BCUT2D eigenvalue weighted by atomic mass is 31.2. The van der Waals surface area contributed by atoms with Gasteiger partial charge in [-0.3, -0.25) is 18.6 Å². The van der Waals surface area contributed by atoms with Crippen LogP contribution in [0.25, 0.3) is 0 Å². The van der Waals surface area contributed by atoms with E-state index in [1.165, 1.54) is 38.5 Å². The van der Waals surface area contributed by atoms with Gasteiger partial charge in [0.2, 0.25) is 0 Å². The highest BCUT2D eigenvalue weighted by molar-refractivity contribution is 7.47. The van der Waals surface area contributed by atoms with Gasteiger partial charge in [0.1, 0.15) is 6.61 Å². The number of ether oxygens (including phenoxy) is 2. The average molecular weight is 670 g/mol. The number of esters is 2. The van der Waals surface area contributed by atoms with Crippen molar-refractivity contribution >= 4 is 19.8 Å². The zero-order chi connectivity index (χ0) is 34.0. The quantitative estimate of drug-likeness (QED) is 0.0311. The molecule has 0 aliphatic heterocycles. The second kappa shape index (κ2) is 32.9. The summed E-state index contributed by atoms with van der Waals surface area (Å²) in [6, 6.07) is 0. The first-order valence-electron chi connectivity index (χ1n) is 17.6. The Hall–Kier alpha value is -2.03. The molecule has 0 aliphatic rings. The third kappa shape index (κ3) is 31.9. The number of carbonyl (C=O) groups is 2. The normalized spacial score (nSPS) is 14.1. The summed E-state index contributed by atoms with van der Waals surface area (Å²) in [5.74, 6) is -0.875. The first-order chi connectivity index (χ1) is 22.3. The molecule has 0 aromatic rings. The van der Waals surface area contributed by atoms with E-state index in [0.717, 1.165) is 64.2 Å². The Morgan fingerprint density at radius 3 is 1.76 bits per heavy atom. The second-order valence-corrected chi connectivity index (χ2v) is 12.8. The summed E-state index contributed by atoms with van der Waals surface area (Å²) < 4.78 is 32.5. The lowest BCUT2D eigenvalue weighted by atomic mass is 10.1. The molecule has 0 heterocycles. The van der Waals surface area contributed by atoms with Crippen LogP contribution in [0.3, 0.4) is 0 Å². The number of phosphoric ester groups is 1. The fraction of sp³-hybridized carbons (Fsp3) is 0.722. The maximum atomic E-state index is 12.5. The molecule has 0 amide bonds. The molecular weight excluding hydrogens is 605 g/mol. The maximum absolute atomic E-state index is 12.5. The predicted octanol–water partition coefficient (Wildman–Crippen LogP) is 9.21. The number of carbonyl (C=O) groups excluding carboxylic acids is 2. The van der Waals surface area contributed by atoms with E-state index >= 15 is 0 Å². The molecule has 3 N–H and O–H groups in total. The second-order valence-electron chi connectivity index (χ2n) is 11.4. The number of nitrogens with two attached hydrogens (primary N) is 1. The molecule has 9 nitrogen and oxygen atoms in total. The standard InChI is InChI=1S/C36H64NO8P/c1-3-5-7-9-11-13-14-15-16-17-18-19-20-21-23-25-27-29-36(39)45-34(33-44-46(40,41)43-31-30-37)32-42-35(38)28-26-24-22-12-10-8-6-4-2/h7,9,13-14,16-17,19-20,34H,3-6,8,10-12,15,18,21-33,37H2,1-2H3,(H,40,41)/b9-7+,14-13+,17-16+,20-19+/t34-/m1/s1. The largest absolute Gasteiger partial charge is 0.472 e. The van der Waals surface area contributed by atoms with Crippen LogP contribution in [0.5, 0.6) is 0 Å². The monoisotopic (exact) mass is 669 g/mol. The van der Waals surface area contributed by atoms with Gasteiger partial charge in [0.05, 0.1) is 13.2 Å². The molecule has 0 aromatic carbocycles. The van der Waals surface area contributed by atoms with Crippen molar-refractivity contribution in [2.75, 3.05) is 26.4 Å². The zero-order valence-corrected chi connectivity index (χ0v) is 29.7. The van der Waals surface area contributed by atoms with E-state index in [1.54, 1.807) is 0 Å². The van der Waals surface area contributed by atoms with Gasteiger partial charge in [-0.25, -0.2) is 4.57 Å². The fourth-order valence-electron chi connectivity index (χ4n) is 4.33. The number of phosphoric acid groups is 1. The summed E-state index contributed by atoms with van der Waals surface area (Å²) in [5.41, 5.74) is 5.31. The van der Waals surface area contributed by atoms with Gasteiger partial charge in [0, 0.05) is 19.4 Å². The van der Waals surface area contributed by atoms with Crippen LogP contribution >= 0.6 is 7.82 Å². The van der Waals surface area contributed by atoms with E-state index in [0.29, 0.717) is 6.42 Å². The highest BCUT2D eigenvalue weighted by Crippen LogP contribution is 2.43.